The number of anilines is 1. The van der Waals surface area contributed by atoms with Crippen LogP contribution in [0.25, 0.3) is 0 Å². The number of sulfonamides is 1. The molecule has 0 aromatic heterocycles. The fourth-order valence-corrected chi connectivity index (χ4v) is 4.68. The number of piperazine rings is 1. The summed E-state index contributed by atoms with van der Waals surface area (Å²) in [5, 5.41) is 2.61. The Balaban J connectivity index is 1.43. The molecule has 0 saturated carbocycles. The summed E-state index contributed by atoms with van der Waals surface area (Å²) in [7, 11) is -3.43. The highest BCUT2D eigenvalue weighted by atomic mass is 32.2. The lowest BCUT2D eigenvalue weighted by Gasteiger charge is -2.35. The molecule has 1 heterocycles. The Hall–Kier alpha value is -2.52. The van der Waals surface area contributed by atoms with Crippen LogP contribution in [-0.2, 0) is 10.0 Å². The molecule has 1 aliphatic rings. The number of carbonyl (C=O) groups excluding carboxylic acids is 1. The molecule has 2 aromatic rings. The molecule has 3 rings (SSSR count). The van der Waals surface area contributed by atoms with Crippen molar-refractivity contribution in [3.05, 3.63) is 65.7 Å². The highest BCUT2D eigenvalue weighted by molar-refractivity contribution is 7.89. The van der Waals surface area contributed by atoms with E-state index >= 15 is 0 Å². The first-order valence-electron chi connectivity index (χ1n) is 9.37. The second-order valence-electron chi connectivity index (χ2n) is 6.80. The van der Waals surface area contributed by atoms with Crippen LogP contribution in [0, 0.1) is 11.6 Å². The Labute approximate surface area is 169 Å². The van der Waals surface area contributed by atoms with Gasteiger partial charge in [-0.25, -0.2) is 17.2 Å². The lowest BCUT2D eigenvalue weighted by Crippen LogP contribution is -2.49. The minimum atomic E-state index is -3.43. The fourth-order valence-electron chi connectivity index (χ4n) is 3.19. The molecular weight excluding hydrogens is 400 g/mol. The van der Waals surface area contributed by atoms with Gasteiger partial charge in [0.15, 0.2) is 0 Å². The molecule has 1 fully saturated rings. The van der Waals surface area contributed by atoms with Crippen molar-refractivity contribution in [1.29, 1.82) is 0 Å². The van der Waals surface area contributed by atoms with Gasteiger partial charge in [-0.1, -0.05) is 6.07 Å². The summed E-state index contributed by atoms with van der Waals surface area (Å²) in [6, 6.07) is 11.5. The zero-order valence-corrected chi connectivity index (χ0v) is 16.7. The Kier molecular flexibility index (Phi) is 6.81. The Morgan fingerprint density at radius 1 is 0.966 bits per heavy atom. The molecule has 6 nitrogen and oxygen atoms in total. The number of benzene rings is 2. The van der Waals surface area contributed by atoms with E-state index in [0.29, 0.717) is 26.2 Å². The first-order valence-corrected chi connectivity index (χ1v) is 11.0. The molecule has 156 valence electrons. The van der Waals surface area contributed by atoms with Gasteiger partial charge in [-0.05, 0) is 48.9 Å². The highest BCUT2D eigenvalue weighted by Crippen LogP contribution is 2.18. The standard InChI is InChI=1S/C20H23F2N3O3S/c21-17-5-7-19(8-6-17)24-10-12-25(13-11-24)29(27,28)14-2-9-23-20(26)16-3-1-4-18(22)15-16/h1,3-8,15H,2,9-14H2,(H,23,26). The summed E-state index contributed by atoms with van der Waals surface area (Å²) < 4.78 is 52.7. The number of nitrogens with zero attached hydrogens (tertiary/aromatic N) is 2. The molecular formula is C20H23F2N3O3S. The van der Waals surface area contributed by atoms with Gasteiger partial charge in [0.1, 0.15) is 11.6 Å². The van der Waals surface area contributed by atoms with Crippen molar-refractivity contribution in [2.24, 2.45) is 0 Å². The van der Waals surface area contributed by atoms with Crippen LogP contribution in [0.1, 0.15) is 16.8 Å². The van der Waals surface area contributed by atoms with E-state index in [-0.39, 0.29) is 30.1 Å². The summed E-state index contributed by atoms with van der Waals surface area (Å²) in [5.74, 6) is -1.32. The molecule has 29 heavy (non-hydrogen) atoms. The molecule has 2 aromatic carbocycles. The molecule has 0 radical (unpaired) electrons. The predicted molar refractivity (Wildman–Crippen MR) is 107 cm³/mol. The van der Waals surface area contributed by atoms with Crippen molar-refractivity contribution in [2.45, 2.75) is 6.42 Å². The SMILES string of the molecule is O=C(NCCCS(=O)(=O)N1CCN(c2ccc(F)cc2)CC1)c1cccc(F)c1. The van der Waals surface area contributed by atoms with Gasteiger partial charge in [-0.3, -0.25) is 4.79 Å². The van der Waals surface area contributed by atoms with E-state index in [1.165, 1.54) is 34.6 Å². The van der Waals surface area contributed by atoms with Gasteiger partial charge in [0.2, 0.25) is 10.0 Å². The van der Waals surface area contributed by atoms with Gasteiger partial charge in [-0.15, -0.1) is 0 Å². The summed E-state index contributed by atoms with van der Waals surface area (Å²) in [6.07, 6.45) is 0.265. The minimum absolute atomic E-state index is 0.0764. The zero-order chi connectivity index (χ0) is 20.9. The number of nitrogens with one attached hydrogen (secondary N) is 1. The monoisotopic (exact) mass is 423 g/mol. The van der Waals surface area contributed by atoms with Crippen LogP contribution in [0.15, 0.2) is 48.5 Å². The van der Waals surface area contributed by atoms with E-state index < -0.39 is 21.7 Å². The third kappa shape index (κ3) is 5.74. The molecule has 1 saturated heterocycles. The van der Waals surface area contributed by atoms with E-state index in [9.17, 15) is 22.0 Å². The van der Waals surface area contributed by atoms with Crippen molar-refractivity contribution in [2.75, 3.05) is 43.4 Å². The zero-order valence-electron chi connectivity index (χ0n) is 15.9. The van der Waals surface area contributed by atoms with E-state index in [2.05, 4.69) is 5.32 Å². The maximum absolute atomic E-state index is 13.1. The van der Waals surface area contributed by atoms with Crippen molar-refractivity contribution in [3.8, 4) is 0 Å². The first kappa shape index (κ1) is 21.2. The van der Waals surface area contributed by atoms with Crippen LogP contribution in [0.3, 0.4) is 0 Å². The predicted octanol–water partition coefficient (Wildman–Crippen LogP) is 2.24. The normalized spacial score (nSPS) is 15.3. The summed E-state index contributed by atoms with van der Waals surface area (Å²) in [4.78, 5) is 14.0. The minimum Gasteiger partial charge on any atom is -0.369 e. The third-order valence-electron chi connectivity index (χ3n) is 4.78. The number of rotatable bonds is 7. The smallest absolute Gasteiger partial charge is 0.251 e. The molecule has 0 aliphatic carbocycles. The number of amides is 1. The maximum Gasteiger partial charge on any atom is 0.251 e. The quantitative estimate of drug-likeness (QED) is 0.694. The van der Waals surface area contributed by atoms with Crippen LogP contribution in [0.2, 0.25) is 0 Å². The second-order valence-corrected chi connectivity index (χ2v) is 8.89. The number of carbonyl (C=O) groups is 1. The summed E-state index contributed by atoms with van der Waals surface area (Å²) in [6.45, 7) is 1.96. The van der Waals surface area contributed by atoms with Gasteiger partial charge in [0.05, 0.1) is 5.75 Å². The average molecular weight is 423 g/mol. The molecule has 0 bridgehead atoms. The molecule has 1 aliphatic heterocycles. The van der Waals surface area contributed by atoms with Crippen molar-refractivity contribution >= 4 is 21.6 Å². The van der Waals surface area contributed by atoms with E-state index in [1.807, 2.05) is 4.90 Å². The van der Waals surface area contributed by atoms with Crippen LogP contribution in [-0.4, -0.2) is 57.1 Å². The fraction of sp³-hybridized carbons (Fsp3) is 0.350. The molecule has 1 amide bonds. The number of halogens is 2. The lowest BCUT2D eigenvalue weighted by atomic mass is 10.2. The number of hydrogen-bond donors (Lipinski definition) is 1. The molecule has 0 unspecified atom stereocenters. The average Bonchev–Trinajstić information content (AvgIpc) is 2.72. The third-order valence-corrected chi connectivity index (χ3v) is 6.73. The van der Waals surface area contributed by atoms with E-state index in [0.717, 1.165) is 11.8 Å². The second kappa shape index (κ2) is 9.32. The van der Waals surface area contributed by atoms with E-state index in [4.69, 9.17) is 0 Å². The maximum atomic E-state index is 13.1. The number of hydrogen-bond acceptors (Lipinski definition) is 4. The Morgan fingerprint density at radius 2 is 1.66 bits per heavy atom. The highest BCUT2D eigenvalue weighted by Gasteiger charge is 2.26. The summed E-state index contributed by atoms with van der Waals surface area (Å²) in [5.41, 5.74) is 1.06. The van der Waals surface area contributed by atoms with Gasteiger partial charge < -0.3 is 10.2 Å². The van der Waals surface area contributed by atoms with Crippen molar-refractivity contribution in [3.63, 3.8) is 0 Å². The van der Waals surface area contributed by atoms with Crippen molar-refractivity contribution in [1.82, 2.24) is 9.62 Å². The molecule has 0 spiro atoms. The molecule has 0 atom stereocenters. The first-order chi connectivity index (χ1) is 13.8. The topological polar surface area (TPSA) is 69.7 Å². The molecule has 1 N–H and O–H groups in total. The van der Waals surface area contributed by atoms with Gasteiger partial charge in [-0.2, -0.15) is 4.31 Å². The van der Waals surface area contributed by atoms with Crippen LogP contribution < -0.4 is 10.2 Å². The Bertz CT molecular complexity index is 944. The van der Waals surface area contributed by atoms with Crippen LogP contribution >= 0.6 is 0 Å². The van der Waals surface area contributed by atoms with Gasteiger partial charge in [0, 0.05) is 44.0 Å². The van der Waals surface area contributed by atoms with Gasteiger partial charge in [0.25, 0.3) is 5.91 Å². The largest absolute Gasteiger partial charge is 0.369 e. The van der Waals surface area contributed by atoms with Gasteiger partial charge >= 0.3 is 0 Å². The van der Waals surface area contributed by atoms with Crippen molar-refractivity contribution < 1.29 is 22.0 Å². The van der Waals surface area contributed by atoms with Crippen LogP contribution in [0.4, 0.5) is 14.5 Å². The lowest BCUT2D eigenvalue weighted by molar-refractivity contribution is 0.0953. The van der Waals surface area contributed by atoms with Crippen LogP contribution in [0.5, 0.6) is 0 Å². The summed E-state index contributed by atoms with van der Waals surface area (Å²) >= 11 is 0. The van der Waals surface area contributed by atoms with E-state index in [1.54, 1.807) is 12.1 Å². The Morgan fingerprint density at radius 3 is 2.31 bits per heavy atom. The molecule has 9 heteroatoms.